The summed E-state index contributed by atoms with van der Waals surface area (Å²) < 4.78 is 54.2. The van der Waals surface area contributed by atoms with Crippen molar-refractivity contribution < 1.29 is 37.7 Å². The van der Waals surface area contributed by atoms with E-state index in [-0.39, 0.29) is 31.3 Å². The Bertz CT molecular complexity index is 1060. The smallest absolute Gasteiger partial charge is 0.306 e. The Morgan fingerprint density at radius 2 is 1.89 bits per heavy atom. The number of aliphatic hydroxyl groups is 2. The minimum atomic E-state index is -2.49. The molecule has 0 heterocycles. The standard InChI is InChI=1S/C26H33F3O5S/c1-6-13-10-24(5)19(20(28)21(13)32)16(27)9-15-14-8-12(3)26(22(33)35,34-18(31)7-2)23(14,4)11-17(30)25(15,24)29/h10,12,14-17,30H,6-9,11H2,1-5H3,(H,33,35)/t12-,14-,15-,16-,17-,23-,24-,25-,26-/m0/s1. The number of hydrogen-bond acceptors (Lipinski definition) is 5. The fraction of sp³-hybridized carbons (Fsp3) is 0.731. The first-order valence-corrected chi connectivity index (χ1v) is 12.7. The van der Waals surface area contributed by atoms with Crippen LogP contribution in [0.3, 0.4) is 0 Å². The molecule has 4 rings (SSSR count). The van der Waals surface area contributed by atoms with E-state index in [2.05, 4.69) is 0 Å². The number of carbonyl (C=O) groups is 2. The zero-order valence-electron chi connectivity index (χ0n) is 20.7. The fourth-order valence-corrected chi connectivity index (χ4v) is 8.52. The van der Waals surface area contributed by atoms with Crippen LogP contribution in [0.15, 0.2) is 23.0 Å². The van der Waals surface area contributed by atoms with Crippen molar-refractivity contribution >= 4 is 29.0 Å². The van der Waals surface area contributed by atoms with Gasteiger partial charge < -0.3 is 14.9 Å². The lowest BCUT2D eigenvalue weighted by Crippen LogP contribution is -2.71. The molecule has 35 heavy (non-hydrogen) atoms. The highest BCUT2D eigenvalue weighted by molar-refractivity contribution is 7.80. The summed E-state index contributed by atoms with van der Waals surface area (Å²) in [6.07, 6.45) is -2.65. The van der Waals surface area contributed by atoms with Gasteiger partial charge in [0.2, 0.25) is 10.8 Å². The number of ether oxygens (including phenoxy) is 1. The Morgan fingerprint density at radius 3 is 2.43 bits per heavy atom. The number of rotatable bonds is 4. The molecule has 9 atom stereocenters. The molecule has 0 aromatic heterocycles. The van der Waals surface area contributed by atoms with Gasteiger partial charge in [-0.2, -0.15) is 0 Å². The summed E-state index contributed by atoms with van der Waals surface area (Å²) in [7, 11) is 0. The monoisotopic (exact) mass is 514 g/mol. The van der Waals surface area contributed by atoms with Gasteiger partial charge in [0.05, 0.1) is 11.5 Å². The molecule has 0 aromatic rings. The van der Waals surface area contributed by atoms with Crippen molar-refractivity contribution in [2.75, 3.05) is 0 Å². The van der Waals surface area contributed by atoms with Crippen LogP contribution < -0.4 is 0 Å². The zero-order valence-corrected chi connectivity index (χ0v) is 21.5. The van der Waals surface area contributed by atoms with E-state index in [1.54, 1.807) is 27.7 Å². The number of allylic oxidation sites excluding steroid dienone is 4. The van der Waals surface area contributed by atoms with Crippen molar-refractivity contribution in [1.29, 1.82) is 0 Å². The molecule has 0 amide bonds. The first-order chi connectivity index (χ1) is 16.2. The topological polar surface area (TPSA) is 83.8 Å². The van der Waals surface area contributed by atoms with Crippen LogP contribution in [0, 0.1) is 28.6 Å². The molecule has 3 saturated carbocycles. The molecule has 2 N–H and O–H groups in total. The molecule has 0 spiro atoms. The van der Waals surface area contributed by atoms with Gasteiger partial charge in [-0.25, -0.2) is 13.2 Å². The van der Waals surface area contributed by atoms with Gasteiger partial charge in [0, 0.05) is 29.2 Å². The second-order valence-electron chi connectivity index (χ2n) is 11.1. The number of Topliss-reactive ketones (excluding diaryl/α,β-unsaturated/α-hetero) is 1. The summed E-state index contributed by atoms with van der Waals surface area (Å²) in [5.74, 6) is -5.10. The third-order valence-corrected chi connectivity index (χ3v) is 9.98. The predicted octanol–water partition coefficient (Wildman–Crippen LogP) is 5.21. The van der Waals surface area contributed by atoms with Crippen LogP contribution in [0.4, 0.5) is 13.2 Å². The number of ketones is 1. The van der Waals surface area contributed by atoms with Crippen molar-refractivity contribution in [3.8, 4) is 0 Å². The van der Waals surface area contributed by atoms with Gasteiger partial charge in [0.15, 0.2) is 17.1 Å². The molecule has 0 saturated heterocycles. The number of alkyl halides is 2. The average molecular weight is 515 g/mol. The molecule has 0 bridgehead atoms. The van der Waals surface area contributed by atoms with E-state index in [0.717, 1.165) is 0 Å². The van der Waals surface area contributed by atoms with Crippen LogP contribution in [0.25, 0.3) is 0 Å². The highest BCUT2D eigenvalue weighted by Crippen LogP contribution is 2.72. The summed E-state index contributed by atoms with van der Waals surface area (Å²) in [4.78, 5) is 24.9. The lowest BCUT2D eigenvalue weighted by molar-refractivity contribution is -0.222. The van der Waals surface area contributed by atoms with E-state index in [4.69, 9.17) is 17.0 Å². The van der Waals surface area contributed by atoms with Gasteiger partial charge in [-0.15, -0.1) is 0 Å². The summed E-state index contributed by atoms with van der Waals surface area (Å²) >= 11 is 5.19. The summed E-state index contributed by atoms with van der Waals surface area (Å²) in [6.45, 7) is 8.01. The van der Waals surface area contributed by atoms with Crippen molar-refractivity contribution in [3.05, 3.63) is 23.0 Å². The van der Waals surface area contributed by atoms with E-state index in [9.17, 15) is 19.8 Å². The molecular weight excluding hydrogens is 481 g/mol. The molecule has 0 radical (unpaired) electrons. The summed E-state index contributed by atoms with van der Waals surface area (Å²) in [5.41, 5.74) is -7.73. The maximum Gasteiger partial charge on any atom is 0.306 e. The normalized spacial score (nSPS) is 46.9. The van der Waals surface area contributed by atoms with Gasteiger partial charge in [0.1, 0.15) is 6.17 Å². The largest absolute Gasteiger partial charge is 0.499 e. The van der Waals surface area contributed by atoms with E-state index >= 15 is 13.2 Å². The molecule has 4 aliphatic rings. The number of halogens is 3. The van der Waals surface area contributed by atoms with Crippen LogP contribution in [0.2, 0.25) is 0 Å². The molecule has 0 unspecified atom stereocenters. The maximum absolute atomic E-state index is 17.5. The number of esters is 1. The fourth-order valence-electron chi connectivity index (χ4n) is 8.05. The van der Waals surface area contributed by atoms with Gasteiger partial charge in [-0.05, 0) is 56.3 Å². The van der Waals surface area contributed by atoms with E-state index in [1.807, 2.05) is 0 Å². The predicted molar refractivity (Wildman–Crippen MR) is 127 cm³/mol. The van der Waals surface area contributed by atoms with Crippen molar-refractivity contribution in [1.82, 2.24) is 0 Å². The van der Waals surface area contributed by atoms with Crippen LogP contribution >= 0.6 is 12.2 Å². The molecule has 194 valence electrons. The minimum Gasteiger partial charge on any atom is -0.499 e. The first-order valence-electron chi connectivity index (χ1n) is 12.3. The third kappa shape index (κ3) is 3.00. The number of fused-ring (bicyclic) bond motifs is 5. The number of aliphatic hydroxyl groups excluding tert-OH is 2. The van der Waals surface area contributed by atoms with Crippen molar-refractivity contribution in [2.24, 2.45) is 28.6 Å². The zero-order chi connectivity index (χ0) is 26.3. The van der Waals surface area contributed by atoms with E-state index in [1.165, 1.54) is 13.0 Å². The van der Waals surface area contributed by atoms with Crippen molar-refractivity contribution in [3.63, 3.8) is 0 Å². The van der Waals surface area contributed by atoms with E-state index in [0.29, 0.717) is 0 Å². The Hall–Kier alpha value is -1.74. The van der Waals surface area contributed by atoms with Crippen molar-refractivity contribution in [2.45, 2.75) is 90.3 Å². The van der Waals surface area contributed by atoms with Crippen LogP contribution in [0.1, 0.15) is 66.7 Å². The second-order valence-corrected chi connectivity index (χ2v) is 11.5. The maximum atomic E-state index is 17.5. The third-order valence-electron chi connectivity index (χ3n) is 9.68. The summed E-state index contributed by atoms with van der Waals surface area (Å²) in [6, 6.07) is 0. The lowest BCUT2D eigenvalue weighted by atomic mass is 9.44. The Labute approximate surface area is 208 Å². The highest BCUT2D eigenvalue weighted by atomic mass is 32.1. The van der Waals surface area contributed by atoms with Crippen LogP contribution in [-0.4, -0.2) is 50.6 Å². The lowest BCUT2D eigenvalue weighted by Gasteiger charge is -2.63. The van der Waals surface area contributed by atoms with Crippen LogP contribution in [0.5, 0.6) is 0 Å². The molecule has 0 aliphatic heterocycles. The molecule has 5 nitrogen and oxygen atoms in total. The Balaban J connectivity index is 1.92. The molecule has 0 aromatic carbocycles. The average Bonchev–Trinajstić information content (AvgIpc) is 3.00. The molecule has 4 aliphatic carbocycles. The molecular formula is C26H33F3O5S. The van der Waals surface area contributed by atoms with Gasteiger partial charge in [-0.3, -0.25) is 9.59 Å². The SMILES string of the molecule is CCC(=O)O[C@]1(C(O)=S)[C@@H](C)C[C@H]2[C@@H]3C[C@H](F)C4=C(F)C(=O)C(CC)=C[C@]4(C)[C@@]3(F)[C@@H](O)C[C@@]21C. The Kier molecular flexibility index (Phi) is 6.12. The first kappa shape index (κ1) is 26.3. The highest BCUT2D eigenvalue weighted by Gasteiger charge is 2.78. The van der Waals surface area contributed by atoms with Gasteiger partial charge in [0.25, 0.3) is 0 Å². The molecule has 3 fully saturated rings. The van der Waals surface area contributed by atoms with Gasteiger partial charge >= 0.3 is 5.97 Å². The number of hydrogen-bond donors (Lipinski definition) is 2. The molecule has 9 heteroatoms. The Morgan fingerprint density at radius 1 is 1.26 bits per heavy atom. The quantitative estimate of drug-likeness (QED) is 0.396. The minimum absolute atomic E-state index is 0.0214. The van der Waals surface area contributed by atoms with E-state index < -0.39 is 86.8 Å². The van der Waals surface area contributed by atoms with Crippen LogP contribution in [-0.2, 0) is 14.3 Å². The number of carbonyl (C=O) groups excluding carboxylic acids is 2. The number of thiocarbonyl (C=S) groups is 1. The summed E-state index contributed by atoms with van der Waals surface area (Å²) in [5, 5.41) is 21.6. The van der Waals surface area contributed by atoms with Gasteiger partial charge in [-0.1, -0.05) is 33.8 Å². The second kappa shape index (κ2) is 8.13.